The van der Waals surface area contributed by atoms with Gasteiger partial charge < -0.3 is 14.4 Å². The van der Waals surface area contributed by atoms with Gasteiger partial charge in [0.25, 0.3) is 0 Å². The highest BCUT2D eigenvalue weighted by Gasteiger charge is 2.19. The van der Waals surface area contributed by atoms with Crippen LogP contribution < -0.4 is 4.74 Å². The number of aromatic nitrogens is 5. The topological polar surface area (TPSA) is 95.1 Å². The largest absolute Gasteiger partial charge is 0.495 e. The Kier molecular flexibility index (Phi) is 6.93. The van der Waals surface area contributed by atoms with E-state index in [1.54, 1.807) is 36.1 Å². The fourth-order valence-electron chi connectivity index (χ4n) is 5.31. The molecular formula is C34H29N5O3. The van der Waals surface area contributed by atoms with E-state index in [2.05, 4.69) is 42.4 Å². The average molecular weight is 556 g/mol. The van der Waals surface area contributed by atoms with E-state index in [-0.39, 0.29) is 5.56 Å². The maximum atomic E-state index is 12.1. The Morgan fingerprint density at radius 2 is 1.76 bits per heavy atom. The Labute approximate surface area is 243 Å². The van der Waals surface area contributed by atoms with Gasteiger partial charge in [-0.3, -0.25) is 0 Å². The SMILES string of the molecule is CCc1nc2c(C)cc(C)nc2n1Cc1ccc2nn(-c3ccccc3C(=O)O)c(C#Cc3ccccc3OC)c2c1. The molecule has 1 N–H and O–H groups in total. The smallest absolute Gasteiger partial charge is 0.337 e. The summed E-state index contributed by atoms with van der Waals surface area (Å²) in [5, 5.41) is 15.6. The number of fused-ring (bicyclic) bond motifs is 2. The molecule has 6 aromatic rings. The number of aromatic carboxylic acids is 1. The van der Waals surface area contributed by atoms with Crippen molar-refractivity contribution >= 4 is 28.0 Å². The maximum Gasteiger partial charge on any atom is 0.337 e. The van der Waals surface area contributed by atoms with Crippen LogP contribution in [0, 0.1) is 25.7 Å². The average Bonchev–Trinajstić information content (AvgIpc) is 3.53. The first-order valence-electron chi connectivity index (χ1n) is 13.7. The van der Waals surface area contributed by atoms with Crippen LogP contribution in [0.1, 0.15) is 51.2 Å². The molecule has 0 unspecified atom stereocenters. The van der Waals surface area contributed by atoms with E-state index in [0.29, 0.717) is 29.2 Å². The molecule has 0 radical (unpaired) electrons. The predicted molar refractivity (Wildman–Crippen MR) is 162 cm³/mol. The van der Waals surface area contributed by atoms with Gasteiger partial charge in [-0.15, -0.1) is 0 Å². The normalized spacial score (nSPS) is 11.0. The number of pyridine rings is 1. The molecule has 0 bridgehead atoms. The molecule has 0 aliphatic heterocycles. The number of imidazole rings is 1. The second-order valence-corrected chi connectivity index (χ2v) is 10.1. The number of ether oxygens (including phenoxy) is 1. The number of hydrogen-bond acceptors (Lipinski definition) is 5. The van der Waals surface area contributed by atoms with E-state index >= 15 is 0 Å². The number of aryl methyl sites for hydroxylation is 3. The van der Waals surface area contributed by atoms with Crippen molar-refractivity contribution in [1.82, 2.24) is 24.3 Å². The van der Waals surface area contributed by atoms with Crippen LogP contribution >= 0.6 is 0 Å². The monoisotopic (exact) mass is 555 g/mol. The minimum Gasteiger partial charge on any atom is -0.495 e. The Hall–Kier alpha value is -5.42. The molecule has 0 aliphatic carbocycles. The molecule has 3 aromatic heterocycles. The lowest BCUT2D eigenvalue weighted by molar-refractivity contribution is 0.0696. The molecule has 0 spiro atoms. The number of para-hydroxylation sites is 2. The second-order valence-electron chi connectivity index (χ2n) is 10.1. The first-order chi connectivity index (χ1) is 20.4. The summed E-state index contributed by atoms with van der Waals surface area (Å²) in [5.74, 6) is 7.11. The molecule has 0 saturated carbocycles. The van der Waals surface area contributed by atoms with Crippen molar-refractivity contribution in [2.45, 2.75) is 33.7 Å². The molecule has 0 atom stereocenters. The third-order valence-corrected chi connectivity index (χ3v) is 7.28. The number of hydrogen-bond donors (Lipinski definition) is 1. The molecular weight excluding hydrogens is 526 g/mol. The Balaban J connectivity index is 1.55. The van der Waals surface area contributed by atoms with E-state index in [1.807, 2.05) is 43.3 Å². The third-order valence-electron chi connectivity index (χ3n) is 7.28. The summed E-state index contributed by atoms with van der Waals surface area (Å²) in [7, 11) is 1.61. The van der Waals surface area contributed by atoms with Crippen LogP contribution in [-0.2, 0) is 13.0 Å². The second kappa shape index (κ2) is 10.9. The quantitative estimate of drug-likeness (QED) is 0.250. The van der Waals surface area contributed by atoms with Gasteiger partial charge in [0, 0.05) is 17.5 Å². The zero-order chi connectivity index (χ0) is 29.4. The van der Waals surface area contributed by atoms with Crippen molar-refractivity contribution < 1.29 is 14.6 Å². The first kappa shape index (κ1) is 26.8. The summed E-state index contributed by atoms with van der Waals surface area (Å²) >= 11 is 0. The number of benzene rings is 3. The van der Waals surface area contributed by atoms with Gasteiger partial charge in [0.05, 0.1) is 36.0 Å². The van der Waals surface area contributed by atoms with Gasteiger partial charge in [-0.25, -0.2) is 19.4 Å². The summed E-state index contributed by atoms with van der Waals surface area (Å²) in [6, 6.07) is 22.5. The van der Waals surface area contributed by atoms with Gasteiger partial charge in [0.15, 0.2) is 5.65 Å². The molecule has 3 heterocycles. The maximum absolute atomic E-state index is 12.1. The molecule has 42 heavy (non-hydrogen) atoms. The van der Waals surface area contributed by atoms with Crippen molar-refractivity contribution in [1.29, 1.82) is 0 Å². The fourth-order valence-corrected chi connectivity index (χ4v) is 5.31. The van der Waals surface area contributed by atoms with Gasteiger partial charge >= 0.3 is 5.97 Å². The number of carbonyl (C=O) groups is 1. The molecule has 0 fully saturated rings. The Morgan fingerprint density at radius 3 is 2.55 bits per heavy atom. The lowest BCUT2D eigenvalue weighted by Gasteiger charge is -2.09. The summed E-state index contributed by atoms with van der Waals surface area (Å²) < 4.78 is 9.29. The fraction of sp³-hybridized carbons (Fsp3) is 0.176. The number of carboxylic acid groups (broad SMARTS) is 1. The lowest BCUT2D eigenvalue weighted by Crippen LogP contribution is -2.08. The first-order valence-corrected chi connectivity index (χ1v) is 13.7. The zero-order valence-corrected chi connectivity index (χ0v) is 23.8. The highest BCUT2D eigenvalue weighted by molar-refractivity contribution is 5.93. The van der Waals surface area contributed by atoms with Crippen LogP contribution in [0.5, 0.6) is 5.75 Å². The standard InChI is InChI=1S/C34H29N5O3/c1-5-31-36-32-21(2)18-22(3)35-33(32)38(31)20-23-14-16-27-26(19-23)29(17-15-24-10-6-9-13-30(24)42-4)39(37-27)28-12-8-7-11-25(28)34(40)41/h6-14,16,18-19H,5,20H2,1-4H3,(H,40,41). The molecule has 208 valence electrons. The molecule has 0 aliphatic rings. The summed E-state index contributed by atoms with van der Waals surface area (Å²) in [6.45, 7) is 6.73. The van der Waals surface area contributed by atoms with Crippen LogP contribution in [0.2, 0.25) is 0 Å². The third kappa shape index (κ3) is 4.75. The van der Waals surface area contributed by atoms with Gasteiger partial charge in [-0.2, -0.15) is 5.10 Å². The van der Waals surface area contributed by atoms with Crippen molar-refractivity contribution in [3.05, 3.63) is 112 Å². The molecule has 8 heteroatoms. The van der Waals surface area contributed by atoms with E-state index in [0.717, 1.165) is 51.2 Å². The van der Waals surface area contributed by atoms with Crippen LogP contribution in [-0.4, -0.2) is 42.5 Å². The minimum absolute atomic E-state index is 0.139. The van der Waals surface area contributed by atoms with Crippen molar-refractivity contribution in [3.8, 4) is 23.3 Å². The zero-order valence-electron chi connectivity index (χ0n) is 23.8. The van der Waals surface area contributed by atoms with Crippen LogP contribution in [0.3, 0.4) is 0 Å². The van der Waals surface area contributed by atoms with E-state index < -0.39 is 5.97 Å². The number of nitrogens with zero attached hydrogens (tertiary/aromatic N) is 5. The van der Waals surface area contributed by atoms with Crippen molar-refractivity contribution in [3.63, 3.8) is 0 Å². The van der Waals surface area contributed by atoms with E-state index in [1.165, 1.54) is 0 Å². The number of rotatable bonds is 6. The number of methoxy groups -OCH3 is 1. The Bertz CT molecular complexity index is 2060. The van der Waals surface area contributed by atoms with Crippen molar-refractivity contribution in [2.75, 3.05) is 7.11 Å². The van der Waals surface area contributed by atoms with Crippen LogP contribution in [0.4, 0.5) is 0 Å². The van der Waals surface area contributed by atoms with Crippen LogP contribution in [0.15, 0.2) is 72.8 Å². The molecule has 0 amide bonds. The molecule has 3 aromatic carbocycles. The van der Waals surface area contributed by atoms with E-state index in [9.17, 15) is 9.90 Å². The molecule has 0 saturated heterocycles. The highest BCUT2D eigenvalue weighted by atomic mass is 16.5. The molecule has 6 rings (SSSR count). The number of carboxylic acids is 1. The lowest BCUT2D eigenvalue weighted by atomic mass is 10.1. The summed E-state index contributed by atoms with van der Waals surface area (Å²) in [6.07, 6.45) is 0.774. The highest BCUT2D eigenvalue weighted by Crippen LogP contribution is 2.27. The van der Waals surface area contributed by atoms with E-state index in [4.69, 9.17) is 19.8 Å². The predicted octanol–water partition coefficient (Wildman–Crippen LogP) is 6.10. The van der Waals surface area contributed by atoms with Gasteiger partial charge in [-0.1, -0.05) is 43.2 Å². The van der Waals surface area contributed by atoms with Crippen molar-refractivity contribution in [2.24, 2.45) is 0 Å². The molecule has 8 nitrogen and oxygen atoms in total. The van der Waals surface area contributed by atoms with Gasteiger partial charge in [-0.05, 0) is 73.4 Å². The summed E-state index contributed by atoms with van der Waals surface area (Å²) in [5.41, 5.74) is 7.46. The van der Waals surface area contributed by atoms with Crippen LogP contribution in [0.25, 0.3) is 27.8 Å². The Morgan fingerprint density at radius 1 is 0.976 bits per heavy atom. The minimum atomic E-state index is -1.04. The van der Waals surface area contributed by atoms with Gasteiger partial charge in [0.1, 0.15) is 22.8 Å². The van der Waals surface area contributed by atoms with Gasteiger partial charge in [0.2, 0.25) is 0 Å². The summed E-state index contributed by atoms with van der Waals surface area (Å²) in [4.78, 5) is 21.8.